The van der Waals surface area contributed by atoms with Crippen molar-refractivity contribution in [2.75, 3.05) is 32.8 Å². The number of aromatic nitrogens is 2. The Hall–Kier alpha value is -1.69. The number of benzene rings is 1. The molecule has 31 heavy (non-hydrogen) atoms. The summed E-state index contributed by atoms with van der Waals surface area (Å²) in [5.74, 6) is 0.822. The van der Waals surface area contributed by atoms with E-state index in [2.05, 4.69) is 39.2 Å². The maximum absolute atomic E-state index is 6.00. The van der Waals surface area contributed by atoms with Gasteiger partial charge in [-0.1, -0.05) is 25.0 Å². The van der Waals surface area contributed by atoms with Gasteiger partial charge in [-0.05, 0) is 81.3 Å². The highest BCUT2D eigenvalue weighted by Gasteiger charge is 2.28. The van der Waals surface area contributed by atoms with Gasteiger partial charge < -0.3 is 9.64 Å². The summed E-state index contributed by atoms with van der Waals surface area (Å²) in [4.78, 5) is 5.47. The fraction of sp³-hybridized carbons (Fsp3) is 0.654. The highest BCUT2D eigenvalue weighted by molar-refractivity contribution is 5.33. The van der Waals surface area contributed by atoms with Crippen molar-refractivity contribution in [3.8, 4) is 5.69 Å². The number of ether oxygens (including phenoxy) is 1. The van der Waals surface area contributed by atoms with Crippen molar-refractivity contribution in [1.29, 1.82) is 0 Å². The molecule has 5 rings (SSSR count). The zero-order chi connectivity index (χ0) is 20.9. The van der Waals surface area contributed by atoms with Crippen molar-refractivity contribution >= 4 is 0 Å². The maximum atomic E-state index is 6.00. The highest BCUT2D eigenvalue weighted by Crippen LogP contribution is 2.28. The summed E-state index contributed by atoms with van der Waals surface area (Å²) in [7, 11) is 0. The first-order chi connectivity index (χ1) is 15.3. The minimum atomic E-state index is 0.418. The molecule has 1 aromatic carbocycles. The molecule has 5 nitrogen and oxygen atoms in total. The molecule has 1 saturated carbocycles. The van der Waals surface area contributed by atoms with Crippen LogP contribution in [0.1, 0.15) is 56.9 Å². The first-order valence-electron chi connectivity index (χ1n) is 12.5. The Bertz CT molecular complexity index is 770. The number of likely N-dealkylation sites (tertiary alicyclic amines) is 1. The SMILES string of the molecule is c1cnn(-c2ccc(CN(CC3CCN(C4CCCC4)CC3)CC3CCCO3)cc2)c1. The van der Waals surface area contributed by atoms with Crippen LogP contribution in [0.2, 0.25) is 0 Å². The van der Waals surface area contributed by atoms with E-state index in [0.29, 0.717) is 6.10 Å². The molecular weight excluding hydrogens is 384 g/mol. The van der Waals surface area contributed by atoms with E-state index in [1.165, 1.54) is 76.6 Å². The van der Waals surface area contributed by atoms with E-state index in [1.54, 1.807) is 0 Å². The topological polar surface area (TPSA) is 33.5 Å². The van der Waals surface area contributed by atoms with Crippen molar-refractivity contribution in [3.05, 3.63) is 48.3 Å². The number of nitrogens with zero attached hydrogens (tertiary/aromatic N) is 4. The second-order valence-electron chi connectivity index (χ2n) is 9.86. The fourth-order valence-corrected chi connectivity index (χ4v) is 5.85. The van der Waals surface area contributed by atoms with Crippen LogP contribution < -0.4 is 0 Å². The molecule has 168 valence electrons. The third kappa shape index (κ3) is 5.57. The predicted molar refractivity (Wildman–Crippen MR) is 124 cm³/mol. The summed E-state index contributed by atoms with van der Waals surface area (Å²) in [5, 5.41) is 4.34. The van der Waals surface area contributed by atoms with Crippen molar-refractivity contribution in [2.24, 2.45) is 5.92 Å². The van der Waals surface area contributed by atoms with Crippen LogP contribution in [0, 0.1) is 5.92 Å². The van der Waals surface area contributed by atoms with Gasteiger partial charge in [-0.15, -0.1) is 0 Å². The van der Waals surface area contributed by atoms with E-state index in [1.807, 2.05) is 23.1 Å². The van der Waals surface area contributed by atoms with Crippen LogP contribution in [0.4, 0.5) is 0 Å². The quantitative estimate of drug-likeness (QED) is 0.627. The lowest BCUT2D eigenvalue weighted by atomic mass is 9.94. The first kappa shape index (κ1) is 21.2. The van der Waals surface area contributed by atoms with Crippen LogP contribution in [0.15, 0.2) is 42.7 Å². The van der Waals surface area contributed by atoms with E-state index in [4.69, 9.17) is 4.74 Å². The minimum Gasteiger partial charge on any atom is -0.377 e. The van der Waals surface area contributed by atoms with Crippen molar-refractivity contribution < 1.29 is 4.74 Å². The average Bonchev–Trinajstić information content (AvgIpc) is 3.58. The summed E-state index contributed by atoms with van der Waals surface area (Å²) in [6.45, 7) is 6.85. The average molecular weight is 423 g/mol. The monoisotopic (exact) mass is 422 g/mol. The van der Waals surface area contributed by atoms with Gasteiger partial charge >= 0.3 is 0 Å². The summed E-state index contributed by atoms with van der Waals surface area (Å²) in [6.07, 6.45) is 15.2. The Morgan fingerprint density at radius 2 is 1.74 bits per heavy atom. The van der Waals surface area contributed by atoms with Crippen molar-refractivity contribution in [1.82, 2.24) is 19.6 Å². The third-order valence-electron chi connectivity index (χ3n) is 7.60. The molecule has 0 radical (unpaired) electrons. The van der Waals surface area contributed by atoms with E-state index < -0.39 is 0 Å². The molecule has 5 heteroatoms. The van der Waals surface area contributed by atoms with E-state index in [-0.39, 0.29) is 0 Å². The summed E-state index contributed by atoms with van der Waals surface area (Å²) < 4.78 is 7.92. The zero-order valence-electron chi connectivity index (χ0n) is 18.9. The molecular formula is C26H38N4O. The third-order valence-corrected chi connectivity index (χ3v) is 7.60. The second kappa shape index (κ2) is 10.3. The highest BCUT2D eigenvalue weighted by atomic mass is 16.5. The predicted octanol–water partition coefficient (Wildman–Crippen LogP) is 4.51. The van der Waals surface area contributed by atoms with Crippen LogP contribution in [-0.2, 0) is 11.3 Å². The van der Waals surface area contributed by atoms with E-state index >= 15 is 0 Å². The number of rotatable bonds is 8. The zero-order valence-corrected chi connectivity index (χ0v) is 18.9. The Labute approximate surface area is 187 Å². The van der Waals surface area contributed by atoms with Gasteiger partial charge in [0.15, 0.2) is 0 Å². The van der Waals surface area contributed by atoms with Gasteiger partial charge in [0.05, 0.1) is 11.8 Å². The van der Waals surface area contributed by atoms with Gasteiger partial charge in [0.25, 0.3) is 0 Å². The smallest absolute Gasteiger partial charge is 0.0702 e. The lowest BCUT2D eigenvalue weighted by Crippen LogP contribution is -2.43. The molecule has 1 unspecified atom stereocenters. The molecule has 2 aromatic rings. The van der Waals surface area contributed by atoms with Crippen LogP contribution in [0.3, 0.4) is 0 Å². The van der Waals surface area contributed by atoms with Crippen LogP contribution in [0.25, 0.3) is 5.69 Å². The lowest BCUT2D eigenvalue weighted by molar-refractivity contribution is 0.0540. The van der Waals surface area contributed by atoms with Gasteiger partial charge in [-0.25, -0.2) is 4.68 Å². The van der Waals surface area contributed by atoms with Crippen LogP contribution >= 0.6 is 0 Å². The number of piperidine rings is 1. The molecule has 0 spiro atoms. The van der Waals surface area contributed by atoms with Crippen molar-refractivity contribution in [3.63, 3.8) is 0 Å². The van der Waals surface area contributed by atoms with Gasteiger partial charge in [0, 0.05) is 44.7 Å². The van der Waals surface area contributed by atoms with Crippen LogP contribution in [0.5, 0.6) is 0 Å². The molecule has 0 amide bonds. The first-order valence-corrected chi connectivity index (χ1v) is 12.5. The Morgan fingerprint density at radius 3 is 2.42 bits per heavy atom. The largest absolute Gasteiger partial charge is 0.377 e. The molecule has 0 bridgehead atoms. The molecule has 3 heterocycles. The number of hydrogen-bond acceptors (Lipinski definition) is 4. The summed E-state index contributed by atoms with van der Waals surface area (Å²) in [6, 6.07) is 11.8. The van der Waals surface area contributed by atoms with Gasteiger partial charge in [0.2, 0.25) is 0 Å². The van der Waals surface area contributed by atoms with Gasteiger partial charge in [0.1, 0.15) is 0 Å². The van der Waals surface area contributed by atoms with E-state index in [9.17, 15) is 0 Å². The van der Waals surface area contributed by atoms with Crippen molar-refractivity contribution in [2.45, 2.75) is 70.1 Å². The Morgan fingerprint density at radius 1 is 0.935 bits per heavy atom. The minimum absolute atomic E-state index is 0.418. The maximum Gasteiger partial charge on any atom is 0.0702 e. The Balaban J connectivity index is 1.18. The molecule has 3 aliphatic rings. The van der Waals surface area contributed by atoms with Crippen LogP contribution in [-0.4, -0.2) is 64.5 Å². The Kier molecular flexibility index (Phi) is 7.02. The molecule has 1 aliphatic carbocycles. The summed E-state index contributed by atoms with van der Waals surface area (Å²) >= 11 is 0. The normalized spacial score (nSPS) is 23.8. The van der Waals surface area contributed by atoms with Gasteiger partial charge in [-0.2, -0.15) is 5.10 Å². The molecule has 2 aliphatic heterocycles. The molecule has 1 aromatic heterocycles. The molecule has 2 saturated heterocycles. The molecule has 3 fully saturated rings. The molecule has 0 N–H and O–H groups in total. The van der Waals surface area contributed by atoms with E-state index in [0.717, 1.165) is 37.3 Å². The fourth-order valence-electron chi connectivity index (χ4n) is 5.85. The standard InChI is InChI=1S/C26H38N4O/c1-2-6-24(5-1)29-16-12-23(13-17-29)20-28(21-26-7-3-18-31-26)19-22-8-10-25(11-9-22)30-15-4-14-27-30/h4,8-11,14-15,23-24,26H,1-3,5-7,12-13,16-21H2. The lowest BCUT2D eigenvalue weighted by Gasteiger charge is -2.38. The second-order valence-corrected chi connectivity index (χ2v) is 9.86. The molecule has 1 atom stereocenters. The van der Waals surface area contributed by atoms with Gasteiger partial charge in [-0.3, -0.25) is 4.90 Å². The summed E-state index contributed by atoms with van der Waals surface area (Å²) in [5.41, 5.74) is 2.51. The number of hydrogen-bond donors (Lipinski definition) is 0.